The molecule has 148 valence electrons. The van der Waals surface area contributed by atoms with E-state index < -0.39 is 15.7 Å². The van der Waals surface area contributed by atoms with E-state index in [-0.39, 0.29) is 23.0 Å². The minimum absolute atomic E-state index is 0.131. The molecule has 0 bridgehead atoms. The van der Waals surface area contributed by atoms with E-state index in [1.54, 1.807) is 78.9 Å². The van der Waals surface area contributed by atoms with Gasteiger partial charge in [0.25, 0.3) is 5.91 Å². The first-order valence-corrected chi connectivity index (χ1v) is 10.5. The average molecular weight is 408 g/mol. The Morgan fingerprint density at radius 1 is 0.828 bits per heavy atom. The van der Waals surface area contributed by atoms with Gasteiger partial charge in [0.15, 0.2) is 9.84 Å². The summed E-state index contributed by atoms with van der Waals surface area (Å²) in [5, 5.41) is 2.76. The molecular weight excluding hydrogens is 388 g/mol. The minimum Gasteiger partial charge on any atom is -0.369 e. The second-order valence-corrected chi connectivity index (χ2v) is 8.56. The molecule has 0 saturated carbocycles. The molecule has 0 aliphatic rings. The maximum absolute atomic E-state index is 12.5. The van der Waals surface area contributed by atoms with Crippen LogP contribution in [-0.4, -0.2) is 20.2 Å². The molecule has 3 rings (SSSR count). The Morgan fingerprint density at radius 2 is 1.52 bits per heavy atom. The Morgan fingerprint density at radius 3 is 2.17 bits per heavy atom. The molecule has 0 atom stereocenters. The molecule has 0 aliphatic heterocycles. The van der Waals surface area contributed by atoms with Gasteiger partial charge in [-0.15, -0.1) is 0 Å². The van der Waals surface area contributed by atoms with E-state index in [0.717, 1.165) is 5.56 Å². The van der Waals surface area contributed by atoms with Crippen molar-refractivity contribution in [2.45, 2.75) is 17.1 Å². The molecule has 29 heavy (non-hydrogen) atoms. The zero-order valence-corrected chi connectivity index (χ0v) is 16.4. The molecule has 2 amide bonds. The largest absolute Gasteiger partial charge is 0.369 e. The van der Waals surface area contributed by atoms with Crippen LogP contribution in [0.2, 0.25) is 0 Å². The van der Waals surface area contributed by atoms with E-state index >= 15 is 0 Å². The van der Waals surface area contributed by atoms with E-state index in [4.69, 9.17) is 5.73 Å². The molecule has 0 heterocycles. The van der Waals surface area contributed by atoms with Crippen molar-refractivity contribution in [2.75, 3.05) is 5.32 Å². The topological polar surface area (TPSA) is 106 Å². The minimum atomic E-state index is -3.50. The lowest BCUT2D eigenvalue weighted by molar-refractivity contribution is -0.117. The Hall–Kier alpha value is -3.45. The molecule has 0 aromatic heterocycles. The van der Waals surface area contributed by atoms with Crippen molar-refractivity contribution in [3.8, 4) is 0 Å². The molecule has 7 heteroatoms. The highest BCUT2D eigenvalue weighted by molar-refractivity contribution is 7.90. The summed E-state index contributed by atoms with van der Waals surface area (Å²) in [5.74, 6) is -0.976. The maximum atomic E-state index is 12.5. The van der Waals surface area contributed by atoms with Crippen LogP contribution >= 0.6 is 0 Å². The normalized spacial score (nSPS) is 11.0. The van der Waals surface area contributed by atoms with Crippen molar-refractivity contribution >= 4 is 27.3 Å². The van der Waals surface area contributed by atoms with Gasteiger partial charge in [-0.05, 0) is 47.5 Å². The molecule has 3 aromatic rings. The Labute approximate surface area is 169 Å². The third-order valence-corrected chi connectivity index (χ3v) is 5.94. The zero-order chi connectivity index (χ0) is 20.9. The highest BCUT2D eigenvalue weighted by atomic mass is 32.2. The first kappa shape index (κ1) is 20.3. The summed E-state index contributed by atoms with van der Waals surface area (Å²) in [5.41, 5.74) is 7.36. The van der Waals surface area contributed by atoms with Crippen molar-refractivity contribution in [1.82, 2.24) is 0 Å². The van der Waals surface area contributed by atoms with Gasteiger partial charge in [-0.3, -0.25) is 9.59 Å². The summed E-state index contributed by atoms with van der Waals surface area (Å²) < 4.78 is 25.1. The number of primary amides is 1. The van der Waals surface area contributed by atoms with Crippen LogP contribution in [0.5, 0.6) is 0 Å². The summed E-state index contributed by atoms with van der Waals surface area (Å²) in [4.78, 5) is 23.7. The Balaban J connectivity index is 1.72. The number of carbonyl (C=O) groups excluding carboxylic acids is 2. The molecule has 0 aliphatic carbocycles. The van der Waals surface area contributed by atoms with E-state index in [1.807, 2.05) is 0 Å². The molecule has 0 spiro atoms. The molecule has 0 fully saturated rings. The predicted octanol–water partition coefficient (Wildman–Crippen LogP) is 2.94. The van der Waals surface area contributed by atoms with Crippen molar-refractivity contribution in [1.29, 1.82) is 0 Å². The summed E-state index contributed by atoms with van der Waals surface area (Å²) in [6.45, 7) is 0. The Bertz CT molecular complexity index is 1120. The molecule has 3 aromatic carbocycles. The number of rotatable bonds is 7. The van der Waals surface area contributed by atoms with E-state index in [1.165, 1.54) is 0 Å². The number of nitrogens with one attached hydrogen (secondary N) is 1. The third-order valence-electron chi connectivity index (χ3n) is 4.24. The van der Waals surface area contributed by atoms with Gasteiger partial charge in [0.2, 0.25) is 5.91 Å². The van der Waals surface area contributed by atoms with Gasteiger partial charge in [0, 0.05) is 11.3 Å². The zero-order valence-electron chi connectivity index (χ0n) is 15.5. The highest BCUT2D eigenvalue weighted by Crippen LogP contribution is 2.18. The third kappa shape index (κ3) is 5.52. The van der Waals surface area contributed by atoms with Gasteiger partial charge in [-0.1, -0.05) is 42.5 Å². The standard InChI is InChI=1S/C22H20N2O4S/c23-21(25)14-16-9-11-19(12-10-16)24-22(26)18-6-4-5-17(13-18)15-29(27,28)20-7-2-1-3-8-20/h1-13H,14-15H2,(H2,23,25)(H,24,26). The molecule has 6 nitrogen and oxygen atoms in total. The summed E-state index contributed by atoms with van der Waals surface area (Å²) in [7, 11) is -3.50. The highest BCUT2D eigenvalue weighted by Gasteiger charge is 2.16. The summed E-state index contributed by atoms with van der Waals surface area (Å²) in [6.07, 6.45) is 0.131. The van der Waals surface area contributed by atoms with Crippen LogP contribution < -0.4 is 11.1 Å². The van der Waals surface area contributed by atoms with Gasteiger partial charge in [-0.25, -0.2) is 8.42 Å². The fourth-order valence-electron chi connectivity index (χ4n) is 2.84. The number of sulfone groups is 1. The van der Waals surface area contributed by atoms with Gasteiger partial charge >= 0.3 is 0 Å². The number of hydrogen-bond donors (Lipinski definition) is 2. The SMILES string of the molecule is NC(=O)Cc1ccc(NC(=O)c2cccc(CS(=O)(=O)c3ccccc3)c2)cc1. The van der Waals surface area contributed by atoms with E-state index in [0.29, 0.717) is 16.8 Å². The fraction of sp³-hybridized carbons (Fsp3) is 0.0909. The lowest BCUT2D eigenvalue weighted by atomic mass is 10.1. The van der Waals surface area contributed by atoms with Gasteiger partial charge in [0.05, 0.1) is 17.1 Å². The van der Waals surface area contributed by atoms with Crippen molar-refractivity contribution in [2.24, 2.45) is 5.73 Å². The smallest absolute Gasteiger partial charge is 0.255 e. The second kappa shape index (κ2) is 8.70. The molecule has 0 saturated heterocycles. The van der Waals surface area contributed by atoms with Gasteiger partial charge in [-0.2, -0.15) is 0 Å². The van der Waals surface area contributed by atoms with Crippen LogP contribution in [0.15, 0.2) is 83.8 Å². The molecule has 0 radical (unpaired) electrons. The maximum Gasteiger partial charge on any atom is 0.255 e. The summed E-state index contributed by atoms with van der Waals surface area (Å²) >= 11 is 0. The van der Waals surface area contributed by atoms with E-state index in [2.05, 4.69) is 5.32 Å². The van der Waals surface area contributed by atoms with Crippen molar-refractivity contribution in [3.63, 3.8) is 0 Å². The lowest BCUT2D eigenvalue weighted by Crippen LogP contribution is -2.14. The number of benzene rings is 3. The molecule has 0 unspecified atom stereocenters. The van der Waals surface area contributed by atoms with Crippen LogP contribution in [0.3, 0.4) is 0 Å². The first-order valence-electron chi connectivity index (χ1n) is 8.89. The number of amides is 2. The van der Waals surface area contributed by atoms with E-state index in [9.17, 15) is 18.0 Å². The van der Waals surface area contributed by atoms with Crippen LogP contribution in [-0.2, 0) is 26.8 Å². The molecule has 3 N–H and O–H groups in total. The summed E-state index contributed by atoms with van der Waals surface area (Å²) in [6, 6.07) is 21.5. The van der Waals surface area contributed by atoms with Crippen LogP contribution in [0.1, 0.15) is 21.5 Å². The lowest BCUT2D eigenvalue weighted by Gasteiger charge is -2.09. The van der Waals surface area contributed by atoms with Crippen molar-refractivity contribution in [3.05, 3.63) is 95.6 Å². The van der Waals surface area contributed by atoms with Crippen LogP contribution in [0.4, 0.5) is 5.69 Å². The average Bonchev–Trinajstić information content (AvgIpc) is 2.69. The predicted molar refractivity (Wildman–Crippen MR) is 111 cm³/mol. The number of anilines is 1. The fourth-order valence-corrected chi connectivity index (χ4v) is 4.20. The Kier molecular flexibility index (Phi) is 6.09. The quantitative estimate of drug-likeness (QED) is 0.627. The first-order chi connectivity index (χ1) is 13.8. The van der Waals surface area contributed by atoms with Crippen LogP contribution in [0, 0.1) is 0 Å². The number of nitrogens with two attached hydrogens (primary N) is 1. The number of hydrogen-bond acceptors (Lipinski definition) is 4. The van der Waals surface area contributed by atoms with Gasteiger partial charge < -0.3 is 11.1 Å². The van der Waals surface area contributed by atoms with Crippen molar-refractivity contribution < 1.29 is 18.0 Å². The van der Waals surface area contributed by atoms with Gasteiger partial charge in [0.1, 0.15) is 0 Å². The second-order valence-electron chi connectivity index (χ2n) is 6.57. The molecular formula is C22H20N2O4S. The number of carbonyl (C=O) groups is 2. The van der Waals surface area contributed by atoms with Crippen LogP contribution in [0.25, 0.3) is 0 Å². The monoisotopic (exact) mass is 408 g/mol.